The second-order valence-electron chi connectivity index (χ2n) is 8.43. The molecule has 182 valence electrons. The van der Waals surface area contributed by atoms with Crippen molar-refractivity contribution in [3.8, 4) is 17.2 Å². The number of carbonyl (C=O) groups excluding carboxylic acids is 1. The number of allylic oxidation sites excluding steroid dienone is 1. The van der Waals surface area contributed by atoms with Gasteiger partial charge in [-0.25, -0.2) is 0 Å². The molecule has 5 heteroatoms. The number of hydrogen-bond acceptors (Lipinski definition) is 5. The Labute approximate surface area is 207 Å². The van der Waals surface area contributed by atoms with Gasteiger partial charge in [0.25, 0.3) is 0 Å². The Morgan fingerprint density at radius 3 is 2.31 bits per heavy atom. The Hall–Kier alpha value is -3.86. The molecule has 0 aromatic heterocycles. The molecule has 0 bridgehead atoms. The average Bonchev–Trinajstić information content (AvgIpc) is 2.87. The molecule has 0 radical (unpaired) electrons. The number of phenolic OH excluding ortho intramolecular Hbond substituents is 2. The summed E-state index contributed by atoms with van der Waals surface area (Å²) in [5, 5.41) is 19.2. The molecule has 0 aliphatic rings. The first-order chi connectivity index (χ1) is 17.0. The molecule has 0 saturated carbocycles. The molecule has 35 heavy (non-hydrogen) atoms. The van der Waals surface area contributed by atoms with Crippen molar-refractivity contribution >= 4 is 23.8 Å². The maximum absolute atomic E-state index is 12.5. The standard InChI is InChI=1S/C30H33NO4/c1-2-3-4-5-6-7-20-35-28-17-8-23(9-18-28)10-19-29(33)24-11-14-26(15-12-24)31-22-25-13-16-27(32)21-30(25)34/h8-19,21-22,32,34H,2-7,20H2,1H3/b19-10+,31-22?. The topological polar surface area (TPSA) is 79.1 Å². The van der Waals surface area contributed by atoms with Gasteiger partial charge in [0.2, 0.25) is 0 Å². The van der Waals surface area contributed by atoms with E-state index in [1.54, 1.807) is 42.5 Å². The SMILES string of the molecule is CCCCCCCCOc1ccc(/C=C/C(=O)c2ccc(N=Cc3ccc(O)cc3O)cc2)cc1. The lowest BCUT2D eigenvalue weighted by Crippen LogP contribution is -1.97. The van der Waals surface area contributed by atoms with Crippen LogP contribution in [0.1, 0.15) is 66.9 Å². The summed E-state index contributed by atoms with van der Waals surface area (Å²) in [4.78, 5) is 16.8. The van der Waals surface area contributed by atoms with Crippen molar-refractivity contribution in [2.45, 2.75) is 45.4 Å². The van der Waals surface area contributed by atoms with Gasteiger partial charge in [0.15, 0.2) is 5.78 Å². The Kier molecular flexibility index (Phi) is 10.1. The number of unbranched alkanes of at least 4 members (excludes halogenated alkanes) is 5. The third-order valence-electron chi connectivity index (χ3n) is 5.59. The van der Waals surface area contributed by atoms with Gasteiger partial charge in [0.1, 0.15) is 17.2 Å². The molecular formula is C30H33NO4. The number of benzene rings is 3. The Bertz CT molecular complexity index is 1130. The van der Waals surface area contributed by atoms with Crippen molar-refractivity contribution < 1.29 is 19.7 Å². The van der Waals surface area contributed by atoms with E-state index in [1.165, 1.54) is 50.5 Å². The zero-order valence-corrected chi connectivity index (χ0v) is 20.2. The predicted molar refractivity (Wildman–Crippen MR) is 142 cm³/mol. The molecule has 3 aromatic carbocycles. The average molecular weight is 472 g/mol. The number of aromatic hydroxyl groups is 2. The first kappa shape index (κ1) is 25.8. The molecule has 0 aliphatic carbocycles. The van der Waals surface area contributed by atoms with Crippen molar-refractivity contribution in [3.63, 3.8) is 0 Å². The zero-order chi connectivity index (χ0) is 24.9. The quantitative estimate of drug-likeness (QED) is 0.117. The summed E-state index contributed by atoms with van der Waals surface area (Å²) in [6.45, 7) is 2.96. The number of ether oxygens (including phenoxy) is 1. The minimum absolute atomic E-state index is 0.0108. The monoisotopic (exact) mass is 471 g/mol. The van der Waals surface area contributed by atoms with E-state index in [0.717, 1.165) is 24.3 Å². The van der Waals surface area contributed by atoms with Crippen molar-refractivity contribution in [3.05, 3.63) is 89.5 Å². The lowest BCUT2D eigenvalue weighted by molar-refractivity contribution is 0.104. The summed E-state index contributed by atoms with van der Waals surface area (Å²) in [7, 11) is 0. The van der Waals surface area contributed by atoms with Crippen molar-refractivity contribution in [2.75, 3.05) is 6.61 Å². The van der Waals surface area contributed by atoms with Crippen molar-refractivity contribution in [1.82, 2.24) is 0 Å². The van der Waals surface area contributed by atoms with Gasteiger partial charge in [-0.1, -0.05) is 57.2 Å². The highest BCUT2D eigenvalue weighted by Gasteiger charge is 2.03. The van der Waals surface area contributed by atoms with Crippen LogP contribution in [0, 0.1) is 0 Å². The number of ketones is 1. The fourth-order valence-corrected chi connectivity index (χ4v) is 3.51. The van der Waals surface area contributed by atoms with E-state index in [0.29, 0.717) is 16.8 Å². The fraction of sp³-hybridized carbons (Fsp3) is 0.267. The highest BCUT2D eigenvalue weighted by molar-refractivity contribution is 6.07. The lowest BCUT2D eigenvalue weighted by Gasteiger charge is -2.06. The van der Waals surface area contributed by atoms with E-state index in [4.69, 9.17) is 4.74 Å². The summed E-state index contributed by atoms with van der Waals surface area (Å²) in [6.07, 6.45) is 12.3. The molecule has 0 heterocycles. The number of carbonyl (C=O) groups is 1. The molecule has 0 unspecified atom stereocenters. The smallest absolute Gasteiger partial charge is 0.185 e. The van der Waals surface area contributed by atoms with E-state index in [1.807, 2.05) is 24.3 Å². The van der Waals surface area contributed by atoms with E-state index >= 15 is 0 Å². The van der Waals surface area contributed by atoms with Crippen LogP contribution in [0.5, 0.6) is 17.2 Å². The van der Waals surface area contributed by atoms with Crippen molar-refractivity contribution in [1.29, 1.82) is 0 Å². The lowest BCUT2D eigenvalue weighted by atomic mass is 10.1. The fourth-order valence-electron chi connectivity index (χ4n) is 3.51. The highest BCUT2D eigenvalue weighted by Crippen LogP contribution is 2.22. The van der Waals surface area contributed by atoms with Crippen LogP contribution in [0.3, 0.4) is 0 Å². The number of hydrogen-bond donors (Lipinski definition) is 2. The van der Waals surface area contributed by atoms with Crippen LogP contribution in [0.25, 0.3) is 6.08 Å². The number of phenols is 2. The molecule has 0 spiro atoms. The van der Waals surface area contributed by atoms with Gasteiger partial charge in [-0.15, -0.1) is 0 Å². The third kappa shape index (κ3) is 8.78. The van der Waals surface area contributed by atoms with Crippen LogP contribution < -0.4 is 4.74 Å². The van der Waals surface area contributed by atoms with Crippen molar-refractivity contribution in [2.24, 2.45) is 4.99 Å². The number of nitrogens with zero attached hydrogens (tertiary/aromatic N) is 1. The summed E-state index contributed by atoms with van der Waals surface area (Å²) in [6, 6.07) is 19.0. The van der Waals surface area contributed by atoms with Gasteiger partial charge in [0, 0.05) is 23.4 Å². The largest absolute Gasteiger partial charge is 0.508 e. The van der Waals surface area contributed by atoms with Crippen LogP contribution in [-0.2, 0) is 0 Å². The molecule has 0 atom stereocenters. The van der Waals surface area contributed by atoms with Crippen LogP contribution in [0.2, 0.25) is 0 Å². The van der Waals surface area contributed by atoms with Crippen LogP contribution in [0.15, 0.2) is 77.8 Å². The normalized spacial score (nSPS) is 11.3. The summed E-state index contributed by atoms with van der Waals surface area (Å²) < 4.78 is 5.81. The summed E-state index contributed by atoms with van der Waals surface area (Å²) >= 11 is 0. The molecule has 2 N–H and O–H groups in total. The van der Waals surface area contributed by atoms with E-state index < -0.39 is 0 Å². The minimum atomic E-state index is -0.0971. The Morgan fingerprint density at radius 1 is 0.886 bits per heavy atom. The maximum Gasteiger partial charge on any atom is 0.185 e. The summed E-state index contributed by atoms with van der Waals surface area (Å²) in [5.41, 5.74) is 2.63. The Balaban J connectivity index is 1.47. The minimum Gasteiger partial charge on any atom is -0.508 e. The molecule has 0 fully saturated rings. The van der Waals surface area contributed by atoms with Gasteiger partial charge in [-0.3, -0.25) is 9.79 Å². The third-order valence-corrected chi connectivity index (χ3v) is 5.59. The molecule has 0 aliphatic heterocycles. The first-order valence-electron chi connectivity index (χ1n) is 12.2. The summed E-state index contributed by atoms with van der Waals surface area (Å²) in [5.74, 6) is 0.685. The molecule has 5 nitrogen and oxygen atoms in total. The molecule has 0 saturated heterocycles. The zero-order valence-electron chi connectivity index (χ0n) is 20.2. The van der Waals surface area contributed by atoms with Gasteiger partial charge >= 0.3 is 0 Å². The van der Waals surface area contributed by atoms with Gasteiger partial charge in [-0.05, 0) is 66.6 Å². The van der Waals surface area contributed by atoms with Gasteiger partial charge in [-0.2, -0.15) is 0 Å². The van der Waals surface area contributed by atoms with Gasteiger partial charge in [0.05, 0.1) is 12.3 Å². The van der Waals surface area contributed by atoms with E-state index in [-0.39, 0.29) is 17.3 Å². The van der Waals surface area contributed by atoms with Crippen LogP contribution in [0.4, 0.5) is 5.69 Å². The predicted octanol–water partition coefficient (Wildman–Crippen LogP) is 7.48. The molecule has 3 aromatic rings. The Morgan fingerprint density at radius 2 is 1.60 bits per heavy atom. The highest BCUT2D eigenvalue weighted by atomic mass is 16.5. The number of aliphatic imine (C=N–C) groups is 1. The second-order valence-corrected chi connectivity index (χ2v) is 8.43. The molecule has 3 rings (SSSR count). The van der Waals surface area contributed by atoms with Crippen LogP contribution in [-0.4, -0.2) is 28.8 Å². The number of rotatable bonds is 13. The molecule has 0 amide bonds. The first-order valence-corrected chi connectivity index (χ1v) is 12.2. The van der Waals surface area contributed by atoms with Gasteiger partial charge < -0.3 is 14.9 Å². The second kappa shape index (κ2) is 13.8. The van der Waals surface area contributed by atoms with Crippen LogP contribution >= 0.6 is 0 Å². The maximum atomic E-state index is 12.5. The molecular weight excluding hydrogens is 438 g/mol. The van der Waals surface area contributed by atoms with E-state index in [9.17, 15) is 15.0 Å². The van der Waals surface area contributed by atoms with E-state index in [2.05, 4.69) is 11.9 Å².